The molecule has 0 spiro atoms. The van der Waals surface area contributed by atoms with Gasteiger partial charge in [0.05, 0.1) is 11.5 Å². The SMILES string of the molecule is CNC(=O)C(C)(C)CNCC1CCCCO1. The van der Waals surface area contributed by atoms with Gasteiger partial charge in [0.1, 0.15) is 0 Å². The molecular formula is C12H24N2O2. The smallest absolute Gasteiger partial charge is 0.226 e. The average molecular weight is 228 g/mol. The Bertz CT molecular complexity index is 223. The van der Waals surface area contributed by atoms with Crippen LogP contribution in [0.15, 0.2) is 0 Å². The van der Waals surface area contributed by atoms with E-state index in [1.165, 1.54) is 12.8 Å². The van der Waals surface area contributed by atoms with Crippen molar-refractivity contribution in [2.45, 2.75) is 39.2 Å². The van der Waals surface area contributed by atoms with E-state index in [0.717, 1.165) is 19.6 Å². The second kappa shape index (κ2) is 6.21. The zero-order valence-electron chi connectivity index (χ0n) is 10.6. The predicted molar refractivity (Wildman–Crippen MR) is 64.3 cm³/mol. The Balaban J connectivity index is 2.20. The fourth-order valence-electron chi connectivity index (χ4n) is 1.93. The van der Waals surface area contributed by atoms with Crippen LogP contribution < -0.4 is 10.6 Å². The van der Waals surface area contributed by atoms with E-state index < -0.39 is 0 Å². The van der Waals surface area contributed by atoms with Crippen LogP contribution in [0.3, 0.4) is 0 Å². The van der Waals surface area contributed by atoms with Gasteiger partial charge < -0.3 is 15.4 Å². The van der Waals surface area contributed by atoms with Crippen molar-refractivity contribution in [1.82, 2.24) is 10.6 Å². The van der Waals surface area contributed by atoms with Gasteiger partial charge in [0.15, 0.2) is 0 Å². The predicted octanol–water partition coefficient (Wildman–Crippen LogP) is 0.917. The lowest BCUT2D eigenvalue weighted by molar-refractivity contribution is -0.128. The van der Waals surface area contributed by atoms with Gasteiger partial charge in [-0.2, -0.15) is 0 Å². The first-order valence-electron chi connectivity index (χ1n) is 6.11. The molecule has 4 heteroatoms. The summed E-state index contributed by atoms with van der Waals surface area (Å²) in [5.41, 5.74) is -0.358. The zero-order valence-corrected chi connectivity index (χ0v) is 10.6. The number of amides is 1. The molecule has 1 atom stereocenters. The monoisotopic (exact) mass is 228 g/mol. The van der Waals surface area contributed by atoms with Crippen LogP contribution in [0.2, 0.25) is 0 Å². The molecular weight excluding hydrogens is 204 g/mol. The summed E-state index contributed by atoms with van der Waals surface area (Å²) in [6.45, 7) is 6.30. The van der Waals surface area contributed by atoms with Crippen LogP contribution in [0.1, 0.15) is 33.1 Å². The van der Waals surface area contributed by atoms with Gasteiger partial charge in [-0.1, -0.05) is 0 Å². The third-order valence-electron chi connectivity index (χ3n) is 3.05. The second-order valence-corrected chi connectivity index (χ2v) is 5.08. The fraction of sp³-hybridized carbons (Fsp3) is 0.917. The summed E-state index contributed by atoms with van der Waals surface area (Å²) in [7, 11) is 1.67. The summed E-state index contributed by atoms with van der Waals surface area (Å²) in [6.07, 6.45) is 3.90. The zero-order chi connectivity index (χ0) is 12.0. The molecule has 0 bridgehead atoms. The van der Waals surface area contributed by atoms with E-state index in [4.69, 9.17) is 4.74 Å². The van der Waals surface area contributed by atoms with Crippen molar-refractivity contribution in [1.29, 1.82) is 0 Å². The van der Waals surface area contributed by atoms with Gasteiger partial charge in [0.25, 0.3) is 0 Å². The van der Waals surface area contributed by atoms with E-state index in [1.807, 2.05) is 13.8 Å². The van der Waals surface area contributed by atoms with Gasteiger partial charge in [-0.25, -0.2) is 0 Å². The van der Waals surface area contributed by atoms with Crippen LogP contribution in [-0.4, -0.2) is 38.8 Å². The maximum atomic E-state index is 11.5. The lowest BCUT2D eigenvalue weighted by atomic mass is 9.92. The molecule has 0 radical (unpaired) electrons. The molecule has 94 valence electrons. The lowest BCUT2D eigenvalue weighted by Crippen LogP contribution is -2.44. The molecule has 1 heterocycles. The topological polar surface area (TPSA) is 50.4 Å². The van der Waals surface area contributed by atoms with Gasteiger partial charge in [-0.15, -0.1) is 0 Å². The van der Waals surface area contributed by atoms with Crippen LogP contribution in [-0.2, 0) is 9.53 Å². The number of nitrogens with one attached hydrogen (secondary N) is 2. The first-order valence-corrected chi connectivity index (χ1v) is 6.11. The Morgan fingerprint density at radius 2 is 2.19 bits per heavy atom. The third kappa shape index (κ3) is 4.10. The molecule has 1 fully saturated rings. The molecule has 16 heavy (non-hydrogen) atoms. The molecule has 0 aromatic heterocycles. The summed E-state index contributed by atoms with van der Waals surface area (Å²) in [5.74, 6) is 0.0737. The maximum Gasteiger partial charge on any atom is 0.226 e. The highest BCUT2D eigenvalue weighted by molar-refractivity contribution is 5.81. The molecule has 2 N–H and O–H groups in total. The third-order valence-corrected chi connectivity index (χ3v) is 3.05. The van der Waals surface area contributed by atoms with Crippen LogP contribution in [0.25, 0.3) is 0 Å². The molecule has 4 nitrogen and oxygen atoms in total. The van der Waals surface area contributed by atoms with Crippen molar-refractivity contribution in [3.8, 4) is 0 Å². The molecule has 1 amide bonds. The van der Waals surface area contributed by atoms with Gasteiger partial charge in [0, 0.05) is 26.7 Å². The Kier molecular flexibility index (Phi) is 5.22. The quantitative estimate of drug-likeness (QED) is 0.735. The summed E-state index contributed by atoms with van der Waals surface area (Å²) in [5, 5.41) is 6.01. The average Bonchev–Trinajstić information content (AvgIpc) is 2.29. The number of carbonyl (C=O) groups excluding carboxylic acids is 1. The summed E-state index contributed by atoms with van der Waals surface area (Å²) < 4.78 is 5.62. The van der Waals surface area contributed by atoms with Crippen molar-refractivity contribution >= 4 is 5.91 Å². The van der Waals surface area contributed by atoms with Crippen LogP contribution in [0.4, 0.5) is 0 Å². The molecule has 1 aliphatic rings. The van der Waals surface area contributed by atoms with Crippen molar-refractivity contribution in [3.63, 3.8) is 0 Å². The van der Waals surface area contributed by atoms with E-state index in [9.17, 15) is 4.79 Å². The molecule has 1 unspecified atom stereocenters. The van der Waals surface area contributed by atoms with E-state index in [2.05, 4.69) is 10.6 Å². The van der Waals surface area contributed by atoms with Crippen molar-refractivity contribution in [2.75, 3.05) is 26.7 Å². The Hall–Kier alpha value is -0.610. The van der Waals surface area contributed by atoms with E-state index in [-0.39, 0.29) is 11.3 Å². The highest BCUT2D eigenvalue weighted by Crippen LogP contribution is 2.15. The number of hydrogen-bond donors (Lipinski definition) is 2. The number of ether oxygens (including phenoxy) is 1. The Morgan fingerprint density at radius 1 is 1.44 bits per heavy atom. The molecule has 0 aromatic rings. The molecule has 1 saturated heterocycles. The number of rotatable bonds is 5. The Morgan fingerprint density at radius 3 is 2.75 bits per heavy atom. The van der Waals surface area contributed by atoms with Crippen LogP contribution in [0.5, 0.6) is 0 Å². The van der Waals surface area contributed by atoms with E-state index in [1.54, 1.807) is 7.05 Å². The minimum absolute atomic E-state index is 0.0737. The lowest BCUT2D eigenvalue weighted by Gasteiger charge is -2.26. The summed E-state index contributed by atoms with van der Waals surface area (Å²) in [6, 6.07) is 0. The largest absolute Gasteiger partial charge is 0.377 e. The van der Waals surface area contributed by atoms with Crippen LogP contribution >= 0.6 is 0 Å². The summed E-state index contributed by atoms with van der Waals surface area (Å²) in [4.78, 5) is 11.5. The van der Waals surface area contributed by atoms with E-state index in [0.29, 0.717) is 12.6 Å². The van der Waals surface area contributed by atoms with Crippen molar-refractivity contribution < 1.29 is 9.53 Å². The number of hydrogen-bond acceptors (Lipinski definition) is 3. The molecule has 1 aliphatic heterocycles. The van der Waals surface area contributed by atoms with Crippen molar-refractivity contribution in [2.24, 2.45) is 5.41 Å². The van der Waals surface area contributed by atoms with Crippen molar-refractivity contribution in [3.05, 3.63) is 0 Å². The molecule has 0 saturated carbocycles. The molecule has 0 aliphatic carbocycles. The van der Waals surface area contributed by atoms with Gasteiger partial charge in [-0.3, -0.25) is 4.79 Å². The fourth-order valence-corrected chi connectivity index (χ4v) is 1.93. The van der Waals surface area contributed by atoms with Gasteiger partial charge in [-0.05, 0) is 33.1 Å². The first-order chi connectivity index (χ1) is 7.56. The normalized spacial score (nSPS) is 21.8. The van der Waals surface area contributed by atoms with E-state index >= 15 is 0 Å². The second-order valence-electron chi connectivity index (χ2n) is 5.08. The maximum absolute atomic E-state index is 11.5. The van der Waals surface area contributed by atoms with Gasteiger partial charge in [0.2, 0.25) is 5.91 Å². The standard InChI is InChI=1S/C12H24N2O2/c1-12(2,11(15)13-3)9-14-8-10-6-4-5-7-16-10/h10,14H,4-9H2,1-3H3,(H,13,15). The van der Waals surface area contributed by atoms with Crippen LogP contribution in [0, 0.1) is 5.41 Å². The highest BCUT2D eigenvalue weighted by atomic mass is 16.5. The van der Waals surface area contributed by atoms with Gasteiger partial charge >= 0.3 is 0 Å². The Labute approximate surface area is 98.1 Å². The molecule has 1 rings (SSSR count). The minimum Gasteiger partial charge on any atom is -0.377 e. The minimum atomic E-state index is -0.358. The highest BCUT2D eigenvalue weighted by Gasteiger charge is 2.26. The number of carbonyl (C=O) groups is 1. The summed E-state index contributed by atoms with van der Waals surface area (Å²) >= 11 is 0. The molecule has 0 aromatic carbocycles. The first kappa shape index (κ1) is 13.5.